The molecule has 0 aromatic rings. The molecule has 1 unspecified atom stereocenters. The Morgan fingerprint density at radius 1 is 1.38 bits per heavy atom. The molecule has 2 heteroatoms. The maximum absolute atomic E-state index is 3.55. The van der Waals surface area contributed by atoms with Crippen LogP contribution in [-0.2, 0) is 0 Å². The molecule has 1 rings (SSSR count). The van der Waals surface area contributed by atoms with Crippen molar-refractivity contribution in [2.24, 2.45) is 0 Å². The van der Waals surface area contributed by atoms with Crippen LogP contribution in [0.2, 0.25) is 0 Å². The van der Waals surface area contributed by atoms with E-state index in [0.29, 0.717) is 0 Å². The van der Waals surface area contributed by atoms with Crippen molar-refractivity contribution in [1.29, 1.82) is 0 Å². The molecule has 1 nitrogen and oxygen atoms in total. The Morgan fingerprint density at radius 2 is 2.23 bits per heavy atom. The Hall–Kier alpha value is 0.440. The summed E-state index contributed by atoms with van der Waals surface area (Å²) in [5.74, 6) is 0. The van der Waals surface area contributed by atoms with Crippen LogP contribution in [0, 0.1) is 0 Å². The average molecular weight is 248 g/mol. The summed E-state index contributed by atoms with van der Waals surface area (Å²) in [6.45, 7) is 4.95. The zero-order valence-corrected chi connectivity index (χ0v) is 10.4. The van der Waals surface area contributed by atoms with E-state index < -0.39 is 0 Å². The summed E-state index contributed by atoms with van der Waals surface area (Å²) in [6, 6.07) is 0.875. The number of rotatable bonds is 5. The number of alkyl halides is 1. The average Bonchev–Trinajstić information content (AvgIpc) is 2.17. The van der Waals surface area contributed by atoms with E-state index in [1.165, 1.54) is 56.9 Å². The second-order valence-corrected chi connectivity index (χ2v) is 4.81. The molecule has 1 atom stereocenters. The third kappa shape index (κ3) is 3.99. The molecular formula is C11H22BrN. The molecule has 0 saturated carbocycles. The largest absolute Gasteiger partial charge is 0.300 e. The van der Waals surface area contributed by atoms with Gasteiger partial charge in [-0.3, -0.25) is 0 Å². The molecule has 0 radical (unpaired) electrons. The predicted octanol–water partition coefficient (Wildman–Crippen LogP) is 3.43. The van der Waals surface area contributed by atoms with E-state index in [1.54, 1.807) is 0 Å². The van der Waals surface area contributed by atoms with E-state index in [9.17, 15) is 0 Å². The first-order valence-corrected chi connectivity index (χ1v) is 6.80. The van der Waals surface area contributed by atoms with E-state index in [2.05, 4.69) is 27.8 Å². The fraction of sp³-hybridized carbons (Fsp3) is 1.00. The van der Waals surface area contributed by atoms with Gasteiger partial charge in [0, 0.05) is 11.4 Å². The summed E-state index contributed by atoms with van der Waals surface area (Å²) in [4.78, 5) is 2.70. The Kier molecular flexibility index (Phi) is 6.05. The van der Waals surface area contributed by atoms with Crippen LogP contribution < -0.4 is 0 Å². The second-order valence-electron chi connectivity index (χ2n) is 4.02. The molecule has 0 aromatic carbocycles. The molecular weight excluding hydrogens is 226 g/mol. The Balaban J connectivity index is 2.28. The molecule has 0 aliphatic carbocycles. The van der Waals surface area contributed by atoms with Gasteiger partial charge in [0.25, 0.3) is 0 Å². The number of likely N-dealkylation sites (tertiary alicyclic amines) is 1. The third-order valence-corrected chi connectivity index (χ3v) is 3.45. The molecule has 1 aliphatic rings. The number of hydrogen-bond acceptors (Lipinski definition) is 1. The van der Waals surface area contributed by atoms with Crippen molar-refractivity contribution in [3.05, 3.63) is 0 Å². The van der Waals surface area contributed by atoms with Gasteiger partial charge in [0.15, 0.2) is 0 Å². The third-order valence-electron chi connectivity index (χ3n) is 2.99. The van der Waals surface area contributed by atoms with Crippen molar-refractivity contribution in [2.75, 3.05) is 18.4 Å². The lowest BCUT2D eigenvalue weighted by Gasteiger charge is -2.35. The van der Waals surface area contributed by atoms with Crippen LogP contribution in [0.4, 0.5) is 0 Å². The van der Waals surface area contributed by atoms with Crippen molar-refractivity contribution in [3.63, 3.8) is 0 Å². The summed E-state index contributed by atoms with van der Waals surface area (Å²) < 4.78 is 0. The Labute approximate surface area is 91.0 Å². The predicted molar refractivity (Wildman–Crippen MR) is 62.5 cm³/mol. The van der Waals surface area contributed by atoms with Crippen LogP contribution in [0.1, 0.15) is 45.4 Å². The highest BCUT2D eigenvalue weighted by atomic mass is 79.9. The zero-order chi connectivity index (χ0) is 9.52. The minimum Gasteiger partial charge on any atom is -0.300 e. The quantitative estimate of drug-likeness (QED) is 0.674. The zero-order valence-electron chi connectivity index (χ0n) is 8.77. The van der Waals surface area contributed by atoms with Gasteiger partial charge in [0.05, 0.1) is 0 Å². The van der Waals surface area contributed by atoms with Crippen molar-refractivity contribution >= 4 is 15.9 Å². The lowest BCUT2D eigenvalue weighted by atomic mass is 10.00. The number of hydrogen-bond donors (Lipinski definition) is 0. The first kappa shape index (κ1) is 11.5. The van der Waals surface area contributed by atoms with Crippen LogP contribution in [0.25, 0.3) is 0 Å². The maximum Gasteiger partial charge on any atom is 0.0103 e. The topological polar surface area (TPSA) is 3.24 Å². The maximum atomic E-state index is 3.55. The molecule has 1 heterocycles. The number of halogens is 1. The van der Waals surface area contributed by atoms with Gasteiger partial charge in [-0.25, -0.2) is 0 Å². The van der Waals surface area contributed by atoms with Crippen LogP contribution in [0.15, 0.2) is 0 Å². The fourth-order valence-electron chi connectivity index (χ4n) is 2.17. The summed E-state index contributed by atoms with van der Waals surface area (Å²) in [6.07, 6.45) is 8.33. The number of nitrogens with zero attached hydrogens (tertiary/aromatic N) is 1. The van der Waals surface area contributed by atoms with E-state index in [-0.39, 0.29) is 0 Å². The Bertz CT molecular complexity index is 125. The van der Waals surface area contributed by atoms with Crippen molar-refractivity contribution < 1.29 is 0 Å². The molecule has 78 valence electrons. The normalized spacial score (nSPS) is 24.9. The van der Waals surface area contributed by atoms with Gasteiger partial charge < -0.3 is 4.90 Å². The van der Waals surface area contributed by atoms with Crippen LogP contribution >= 0.6 is 15.9 Å². The van der Waals surface area contributed by atoms with Gasteiger partial charge in [-0.2, -0.15) is 0 Å². The highest BCUT2D eigenvalue weighted by Gasteiger charge is 2.20. The summed E-state index contributed by atoms with van der Waals surface area (Å²) >= 11 is 3.55. The smallest absolute Gasteiger partial charge is 0.0103 e. The van der Waals surface area contributed by atoms with Gasteiger partial charge in [-0.15, -0.1) is 0 Å². The summed E-state index contributed by atoms with van der Waals surface area (Å²) in [5, 5.41) is 1.17. The highest BCUT2D eigenvalue weighted by molar-refractivity contribution is 9.09. The standard InChI is InChI=1S/C11H22BrN/c1-2-3-9-13-10-5-4-6-11(13)7-8-12/h11H,2-10H2,1H3. The minimum absolute atomic E-state index is 0.875. The van der Waals surface area contributed by atoms with Crippen LogP contribution in [-0.4, -0.2) is 29.4 Å². The van der Waals surface area contributed by atoms with Gasteiger partial charge in [0.2, 0.25) is 0 Å². The van der Waals surface area contributed by atoms with Gasteiger partial charge in [0.1, 0.15) is 0 Å². The van der Waals surface area contributed by atoms with E-state index >= 15 is 0 Å². The molecule has 13 heavy (non-hydrogen) atoms. The van der Waals surface area contributed by atoms with Gasteiger partial charge in [-0.1, -0.05) is 35.7 Å². The number of unbranched alkanes of at least 4 members (excludes halogenated alkanes) is 1. The van der Waals surface area contributed by atoms with Crippen molar-refractivity contribution in [2.45, 2.75) is 51.5 Å². The molecule has 0 spiro atoms. The highest BCUT2D eigenvalue weighted by Crippen LogP contribution is 2.20. The monoisotopic (exact) mass is 247 g/mol. The molecule has 0 amide bonds. The van der Waals surface area contributed by atoms with Gasteiger partial charge in [-0.05, 0) is 38.8 Å². The first-order valence-electron chi connectivity index (χ1n) is 5.68. The summed E-state index contributed by atoms with van der Waals surface area (Å²) in [5.41, 5.74) is 0. The summed E-state index contributed by atoms with van der Waals surface area (Å²) in [7, 11) is 0. The first-order chi connectivity index (χ1) is 6.38. The van der Waals surface area contributed by atoms with Crippen LogP contribution in [0.3, 0.4) is 0 Å². The van der Waals surface area contributed by atoms with E-state index in [1.807, 2.05) is 0 Å². The lowest BCUT2D eigenvalue weighted by molar-refractivity contribution is 0.143. The lowest BCUT2D eigenvalue weighted by Crippen LogP contribution is -2.40. The second kappa shape index (κ2) is 6.83. The Morgan fingerprint density at radius 3 is 2.92 bits per heavy atom. The van der Waals surface area contributed by atoms with Crippen molar-refractivity contribution in [1.82, 2.24) is 4.90 Å². The van der Waals surface area contributed by atoms with Crippen LogP contribution in [0.5, 0.6) is 0 Å². The molecule has 1 aliphatic heterocycles. The van der Waals surface area contributed by atoms with E-state index in [0.717, 1.165) is 6.04 Å². The SMILES string of the molecule is CCCCN1CCCCC1CCBr. The minimum atomic E-state index is 0.875. The fourth-order valence-corrected chi connectivity index (χ4v) is 2.70. The molecule has 0 N–H and O–H groups in total. The molecule has 0 bridgehead atoms. The van der Waals surface area contributed by atoms with E-state index in [4.69, 9.17) is 0 Å². The van der Waals surface area contributed by atoms with Gasteiger partial charge >= 0.3 is 0 Å². The molecule has 1 saturated heterocycles. The van der Waals surface area contributed by atoms with Crippen molar-refractivity contribution in [3.8, 4) is 0 Å². The molecule has 1 fully saturated rings. The number of piperidine rings is 1. The molecule has 0 aromatic heterocycles.